The molecule has 3 aromatic rings. The molecule has 33 heavy (non-hydrogen) atoms. The van der Waals surface area contributed by atoms with Gasteiger partial charge in [-0.1, -0.05) is 48.9 Å². The number of hydrogen-bond acceptors (Lipinski definition) is 3. The van der Waals surface area contributed by atoms with Crippen LogP contribution in [0.5, 0.6) is 0 Å². The Balaban J connectivity index is 1.23. The molecular weight excluding hydrogens is 412 g/mol. The van der Waals surface area contributed by atoms with E-state index in [0.29, 0.717) is 19.5 Å². The minimum Gasteiger partial charge on any atom is -0.355 e. The van der Waals surface area contributed by atoms with Crippen molar-refractivity contribution in [2.24, 2.45) is 7.05 Å². The van der Waals surface area contributed by atoms with Gasteiger partial charge in [0.15, 0.2) is 0 Å². The first-order valence-electron chi connectivity index (χ1n) is 11.9. The van der Waals surface area contributed by atoms with Gasteiger partial charge in [-0.05, 0) is 42.5 Å². The molecule has 170 valence electrons. The van der Waals surface area contributed by atoms with E-state index < -0.39 is 0 Å². The number of fused-ring (bicyclic) bond motifs is 2. The highest BCUT2D eigenvalue weighted by Gasteiger charge is 2.40. The SMILES string of the molecule is Cn1c(CCNC(=O)CC2=C3CCCCC3N(Cc3ccccc3)C2=O)nc2ccccc21. The number of aryl methyl sites for hydroxylation is 1. The summed E-state index contributed by atoms with van der Waals surface area (Å²) in [5.41, 5.74) is 5.09. The molecule has 1 aliphatic heterocycles. The largest absolute Gasteiger partial charge is 0.355 e. The first-order valence-corrected chi connectivity index (χ1v) is 11.9. The average molecular weight is 443 g/mol. The normalized spacial score (nSPS) is 18.2. The van der Waals surface area contributed by atoms with E-state index in [1.807, 2.05) is 54.4 Å². The Morgan fingerprint density at radius 2 is 1.88 bits per heavy atom. The van der Waals surface area contributed by atoms with Crippen molar-refractivity contribution in [3.05, 3.63) is 77.1 Å². The van der Waals surface area contributed by atoms with Crippen molar-refractivity contribution in [3.8, 4) is 0 Å². The van der Waals surface area contributed by atoms with Crippen LogP contribution < -0.4 is 5.32 Å². The Morgan fingerprint density at radius 1 is 1.09 bits per heavy atom. The summed E-state index contributed by atoms with van der Waals surface area (Å²) in [5.74, 6) is 0.888. The lowest BCUT2D eigenvalue weighted by Crippen LogP contribution is -2.36. The number of aromatic nitrogens is 2. The molecule has 1 aromatic heterocycles. The molecule has 6 heteroatoms. The fourth-order valence-electron chi connectivity index (χ4n) is 5.25. The number of hydrogen-bond donors (Lipinski definition) is 1. The number of benzene rings is 2. The van der Waals surface area contributed by atoms with Crippen LogP contribution in [0.4, 0.5) is 0 Å². The Bertz CT molecular complexity index is 1210. The summed E-state index contributed by atoms with van der Waals surface area (Å²) in [6.45, 7) is 1.11. The number of carbonyl (C=O) groups excluding carboxylic acids is 2. The van der Waals surface area contributed by atoms with Crippen molar-refractivity contribution >= 4 is 22.8 Å². The Kier molecular flexibility index (Phi) is 5.99. The minimum atomic E-state index is -0.0875. The molecule has 1 N–H and O–H groups in total. The third kappa shape index (κ3) is 4.30. The molecule has 1 saturated carbocycles. The lowest BCUT2D eigenvalue weighted by molar-refractivity contribution is -0.129. The Morgan fingerprint density at radius 3 is 2.70 bits per heavy atom. The van der Waals surface area contributed by atoms with Crippen LogP contribution in [0.25, 0.3) is 11.0 Å². The van der Waals surface area contributed by atoms with Crippen LogP contribution in [0, 0.1) is 0 Å². The molecule has 1 fully saturated rings. The van der Waals surface area contributed by atoms with E-state index in [9.17, 15) is 9.59 Å². The molecule has 1 aliphatic carbocycles. The van der Waals surface area contributed by atoms with Crippen LogP contribution in [0.1, 0.15) is 43.5 Å². The lowest BCUT2D eigenvalue weighted by atomic mass is 9.88. The molecule has 2 aromatic carbocycles. The fourth-order valence-corrected chi connectivity index (χ4v) is 5.25. The zero-order valence-electron chi connectivity index (χ0n) is 19.1. The maximum absolute atomic E-state index is 13.3. The highest BCUT2D eigenvalue weighted by molar-refractivity contribution is 6.02. The number of rotatable bonds is 7. The van der Waals surface area contributed by atoms with Crippen molar-refractivity contribution < 1.29 is 9.59 Å². The number of nitrogens with one attached hydrogen (secondary N) is 1. The van der Waals surface area contributed by atoms with Crippen LogP contribution >= 0.6 is 0 Å². The van der Waals surface area contributed by atoms with Gasteiger partial charge in [-0.25, -0.2) is 4.98 Å². The summed E-state index contributed by atoms with van der Waals surface area (Å²) in [5, 5.41) is 3.01. The predicted octanol–water partition coefficient (Wildman–Crippen LogP) is 3.90. The third-order valence-electron chi connectivity index (χ3n) is 6.94. The summed E-state index contributed by atoms with van der Waals surface area (Å²) in [6, 6.07) is 18.3. The average Bonchev–Trinajstić information content (AvgIpc) is 3.29. The second-order valence-corrected chi connectivity index (χ2v) is 9.04. The van der Waals surface area contributed by atoms with Crippen molar-refractivity contribution in [1.82, 2.24) is 19.8 Å². The Labute approximate surface area is 194 Å². The summed E-state index contributed by atoms with van der Waals surface area (Å²) in [4.78, 5) is 32.8. The maximum Gasteiger partial charge on any atom is 0.251 e. The number of para-hydroxylation sites is 2. The van der Waals surface area contributed by atoms with Crippen molar-refractivity contribution in [2.75, 3.05) is 6.54 Å². The Hall–Kier alpha value is -3.41. The van der Waals surface area contributed by atoms with Crippen molar-refractivity contribution in [2.45, 2.75) is 51.1 Å². The summed E-state index contributed by atoms with van der Waals surface area (Å²) in [7, 11) is 2.00. The van der Waals surface area contributed by atoms with Crippen molar-refractivity contribution in [3.63, 3.8) is 0 Å². The molecule has 5 rings (SSSR count). The molecule has 2 amide bonds. The van der Waals surface area contributed by atoms with E-state index in [-0.39, 0.29) is 24.3 Å². The molecular formula is C27H30N4O2. The highest BCUT2D eigenvalue weighted by Crippen LogP contribution is 2.38. The number of carbonyl (C=O) groups is 2. The quantitative estimate of drug-likeness (QED) is 0.603. The molecule has 0 spiro atoms. The minimum absolute atomic E-state index is 0.0336. The first-order chi connectivity index (χ1) is 16.1. The maximum atomic E-state index is 13.3. The van der Waals surface area contributed by atoms with Crippen LogP contribution in [-0.4, -0.2) is 38.9 Å². The summed E-state index contributed by atoms with van der Waals surface area (Å²) < 4.78 is 2.07. The first kappa shape index (κ1) is 21.4. The highest BCUT2D eigenvalue weighted by atomic mass is 16.2. The van der Waals surface area contributed by atoms with Crippen molar-refractivity contribution in [1.29, 1.82) is 0 Å². The van der Waals surface area contributed by atoms with E-state index in [1.165, 1.54) is 5.57 Å². The molecule has 2 aliphatic rings. The molecule has 2 heterocycles. The van der Waals surface area contributed by atoms with E-state index in [0.717, 1.165) is 53.7 Å². The zero-order valence-corrected chi connectivity index (χ0v) is 19.1. The topological polar surface area (TPSA) is 67.2 Å². The van der Waals surface area contributed by atoms with Crippen LogP contribution in [0.2, 0.25) is 0 Å². The van der Waals surface area contributed by atoms with Crippen LogP contribution in [0.15, 0.2) is 65.7 Å². The van der Waals surface area contributed by atoms with Gasteiger partial charge < -0.3 is 14.8 Å². The number of imidazole rings is 1. The predicted molar refractivity (Wildman–Crippen MR) is 128 cm³/mol. The summed E-state index contributed by atoms with van der Waals surface area (Å²) >= 11 is 0. The fraction of sp³-hybridized carbons (Fsp3) is 0.370. The number of nitrogens with zero attached hydrogens (tertiary/aromatic N) is 3. The smallest absolute Gasteiger partial charge is 0.251 e. The monoisotopic (exact) mass is 442 g/mol. The van der Waals surface area contributed by atoms with Gasteiger partial charge in [-0.3, -0.25) is 9.59 Å². The van der Waals surface area contributed by atoms with Gasteiger partial charge in [0.25, 0.3) is 5.91 Å². The zero-order chi connectivity index (χ0) is 22.8. The molecule has 0 bridgehead atoms. The molecule has 0 saturated heterocycles. The number of amides is 2. The lowest BCUT2D eigenvalue weighted by Gasteiger charge is -2.30. The van der Waals surface area contributed by atoms with E-state index in [1.54, 1.807) is 0 Å². The van der Waals surface area contributed by atoms with Gasteiger partial charge in [0.1, 0.15) is 5.82 Å². The van der Waals surface area contributed by atoms with Gasteiger partial charge in [-0.2, -0.15) is 0 Å². The van der Waals surface area contributed by atoms with Crippen LogP contribution in [-0.2, 0) is 29.6 Å². The van der Waals surface area contributed by atoms with Gasteiger partial charge in [0.05, 0.1) is 23.5 Å². The van der Waals surface area contributed by atoms with Gasteiger partial charge in [-0.15, -0.1) is 0 Å². The molecule has 6 nitrogen and oxygen atoms in total. The van der Waals surface area contributed by atoms with Crippen LogP contribution in [0.3, 0.4) is 0 Å². The summed E-state index contributed by atoms with van der Waals surface area (Å²) in [6.07, 6.45) is 4.95. The molecule has 1 atom stereocenters. The van der Waals surface area contributed by atoms with Gasteiger partial charge in [0.2, 0.25) is 5.91 Å². The van der Waals surface area contributed by atoms with Gasteiger partial charge in [0, 0.05) is 32.1 Å². The van der Waals surface area contributed by atoms with Gasteiger partial charge >= 0.3 is 0 Å². The second kappa shape index (κ2) is 9.22. The standard InChI is InChI=1S/C27H30N4O2/c1-30-24-14-8-6-12-22(24)29-25(30)15-16-28-26(32)17-21-20-11-5-7-13-23(20)31(27(21)33)18-19-9-3-2-4-10-19/h2-4,6,8-10,12,14,23H,5,7,11,13,15-18H2,1H3,(H,28,32). The van der Waals surface area contributed by atoms with E-state index in [4.69, 9.17) is 0 Å². The van der Waals surface area contributed by atoms with E-state index >= 15 is 0 Å². The molecule has 1 unspecified atom stereocenters. The molecule has 0 radical (unpaired) electrons. The third-order valence-corrected chi connectivity index (χ3v) is 6.94. The van der Waals surface area contributed by atoms with E-state index in [2.05, 4.69) is 27.0 Å². The second-order valence-electron chi connectivity index (χ2n) is 9.04.